The van der Waals surface area contributed by atoms with Crippen molar-refractivity contribution < 1.29 is 0 Å². The van der Waals surface area contributed by atoms with Gasteiger partial charge in [0.05, 0.1) is 6.33 Å². The monoisotopic (exact) mass is 276 g/mol. The van der Waals surface area contributed by atoms with Gasteiger partial charge in [0.1, 0.15) is 5.52 Å². The van der Waals surface area contributed by atoms with Gasteiger partial charge in [-0.05, 0) is 12.8 Å². The number of fused-ring (bicyclic) bond motifs is 1. The van der Waals surface area contributed by atoms with Crippen LogP contribution in [0.3, 0.4) is 0 Å². The van der Waals surface area contributed by atoms with E-state index in [0.717, 1.165) is 12.8 Å². The van der Waals surface area contributed by atoms with Crippen molar-refractivity contribution in [3.8, 4) is 0 Å². The topological polar surface area (TPSA) is 98.8 Å². The second-order valence-electron chi connectivity index (χ2n) is 4.64. The maximum atomic E-state index is 11.3. The normalized spacial score (nSPS) is 11.4. The molecule has 0 amide bonds. The molecule has 2 heterocycles. The Hall–Kier alpha value is -2.18. The standard InChI is InChI=1S/C13H20N6O/c1-2-3-4-5-6-7-8-16-19-12-10-11(15-9-14-10)17-13(20)18-12/h8-9H,2-7H2,1H3,(H3,14,15,17,18,19,20). The number of unbranched alkanes of at least 4 members (excludes halogenated alkanes) is 5. The molecule has 0 saturated carbocycles. The first-order valence-corrected chi connectivity index (χ1v) is 7.02. The minimum absolute atomic E-state index is 0.392. The van der Waals surface area contributed by atoms with Crippen LogP contribution in [0.1, 0.15) is 45.4 Å². The highest BCUT2D eigenvalue weighted by atomic mass is 16.1. The molecule has 0 radical (unpaired) electrons. The fourth-order valence-corrected chi connectivity index (χ4v) is 1.95. The molecule has 2 aromatic rings. The van der Waals surface area contributed by atoms with Gasteiger partial charge < -0.3 is 4.98 Å². The lowest BCUT2D eigenvalue weighted by Crippen LogP contribution is -2.12. The Labute approximate surface area is 116 Å². The predicted molar refractivity (Wildman–Crippen MR) is 80.0 cm³/mol. The van der Waals surface area contributed by atoms with Crippen molar-refractivity contribution in [3.05, 3.63) is 16.8 Å². The van der Waals surface area contributed by atoms with Crippen molar-refractivity contribution in [2.24, 2.45) is 5.10 Å². The molecule has 0 unspecified atom stereocenters. The summed E-state index contributed by atoms with van der Waals surface area (Å²) < 4.78 is 0. The summed E-state index contributed by atoms with van der Waals surface area (Å²) >= 11 is 0. The van der Waals surface area contributed by atoms with Gasteiger partial charge in [-0.2, -0.15) is 10.1 Å². The van der Waals surface area contributed by atoms with Crippen LogP contribution < -0.4 is 11.1 Å². The Balaban J connectivity index is 1.83. The molecule has 2 aromatic heterocycles. The molecule has 0 bridgehead atoms. The van der Waals surface area contributed by atoms with E-state index in [9.17, 15) is 4.79 Å². The number of nitrogens with one attached hydrogen (secondary N) is 3. The van der Waals surface area contributed by atoms with Crippen molar-refractivity contribution in [2.75, 3.05) is 5.43 Å². The molecule has 0 atom stereocenters. The molecule has 3 N–H and O–H groups in total. The number of anilines is 1. The van der Waals surface area contributed by atoms with Gasteiger partial charge in [-0.3, -0.25) is 10.4 Å². The van der Waals surface area contributed by atoms with Crippen molar-refractivity contribution in [1.29, 1.82) is 0 Å². The van der Waals surface area contributed by atoms with E-state index in [-0.39, 0.29) is 0 Å². The van der Waals surface area contributed by atoms with Gasteiger partial charge in [0.25, 0.3) is 0 Å². The van der Waals surface area contributed by atoms with E-state index < -0.39 is 5.69 Å². The highest BCUT2D eigenvalue weighted by molar-refractivity contribution is 5.82. The van der Waals surface area contributed by atoms with Crippen LogP contribution in [0.15, 0.2) is 16.2 Å². The van der Waals surface area contributed by atoms with Crippen molar-refractivity contribution in [3.63, 3.8) is 0 Å². The average molecular weight is 276 g/mol. The zero-order chi connectivity index (χ0) is 14.2. The first-order chi connectivity index (χ1) is 9.81. The zero-order valence-corrected chi connectivity index (χ0v) is 11.6. The summed E-state index contributed by atoms with van der Waals surface area (Å²) in [5, 5.41) is 4.09. The molecule has 0 fully saturated rings. The summed E-state index contributed by atoms with van der Waals surface area (Å²) in [5.74, 6) is 0.392. The molecule has 0 aromatic carbocycles. The van der Waals surface area contributed by atoms with Crippen LogP contribution in [0, 0.1) is 0 Å². The Morgan fingerprint density at radius 2 is 2.20 bits per heavy atom. The Morgan fingerprint density at radius 1 is 1.35 bits per heavy atom. The van der Waals surface area contributed by atoms with Gasteiger partial charge in [0, 0.05) is 6.21 Å². The highest BCUT2D eigenvalue weighted by Gasteiger charge is 2.05. The van der Waals surface area contributed by atoms with Gasteiger partial charge in [-0.15, -0.1) is 0 Å². The predicted octanol–water partition coefficient (Wildman–Crippen LogP) is 2.40. The first kappa shape index (κ1) is 14.2. The number of hydrazone groups is 1. The minimum atomic E-state index is -0.443. The molecule has 0 aliphatic heterocycles. The number of hydrogen-bond acceptors (Lipinski definition) is 5. The van der Waals surface area contributed by atoms with E-state index in [4.69, 9.17) is 0 Å². The number of imidazole rings is 1. The molecule has 0 aliphatic rings. The van der Waals surface area contributed by atoms with E-state index in [1.54, 1.807) is 0 Å². The van der Waals surface area contributed by atoms with Crippen molar-refractivity contribution in [2.45, 2.75) is 45.4 Å². The van der Waals surface area contributed by atoms with Gasteiger partial charge in [0.15, 0.2) is 11.5 Å². The van der Waals surface area contributed by atoms with Crippen molar-refractivity contribution in [1.82, 2.24) is 19.9 Å². The van der Waals surface area contributed by atoms with E-state index in [1.807, 2.05) is 6.21 Å². The van der Waals surface area contributed by atoms with E-state index in [2.05, 4.69) is 37.4 Å². The molecule has 7 nitrogen and oxygen atoms in total. The van der Waals surface area contributed by atoms with Gasteiger partial charge in [-0.25, -0.2) is 9.78 Å². The lowest BCUT2D eigenvalue weighted by molar-refractivity contribution is 0.645. The summed E-state index contributed by atoms with van der Waals surface area (Å²) in [4.78, 5) is 24.6. The third-order valence-corrected chi connectivity index (χ3v) is 3.01. The Bertz CT molecular complexity index is 615. The van der Waals surface area contributed by atoms with Gasteiger partial charge in [-0.1, -0.05) is 32.6 Å². The lowest BCUT2D eigenvalue weighted by Gasteiger charge is -1.99. The fourth-order valence-electron chi connectivity index (χ4n) is 1.95. The molecular weight excluding hydrogens is 256 g/mol. The van der Waals surface area contributed by atoms with Crippen LogP contribution >= 0.6 is 0 Å². The van der Waals surface area contributed by atoms with E-state index in [0.29, 0.717) is 17.0 Å². The number of nitrogens with zero attached hydrogens (tertiary/aromatic N) is 3. The second kappa shape index (κ2) is 7.42. The molecule has 0 saturated heterocycles. The fraction of sp³-hybridized carbons (Fsp3) is 0.538. The third-order valence-electron chi connectivity index (χ3n) is 3.01. The molecule has 0 aliphatic carbocycles. The lowest BCUT2D eigenvalue weighted by atomic mass is 10.1. The van der Waals surface area contributed by atoms with Crippen LogP contribution in [0.5, 0.6) is 0 Å². The smallest absolute Gasteiger partial charge is 0.340 e. The van der Waals surface area contributed by atoms with Crippen LogP contribution in [-0.2, 0) is 0 Å². The average Bonchev–Trinajstić information content (AvgIpc) is 2.89. The van der Waals surface area contributed by atoms with Crippen LogP contribution in [0.2, 0.25) is 0 Å². The quantitative estimate of drug-likeness (QED) is 0.391. The highest BCUT2D eigenvalue weighted by Crippen LogP contribution is 2.12. The second-order valence-corrected chi connectivity index (χ2v) is 4.64. The summed E-state index contributed by atoms with van der Waals surface area (Å²) in [7, 11) is 0. The third kappa shape index (κ3) is 3.91. The number of aromatic nitrogens is 4. The van der Waals surface area contributed by atoms with Crippen molar-refractivity contribution >= 4 is 23.2 Å². The van der Waals surface area contributed by atoms with Gasteiger partial charge >= 0.3 is 5.69 Å². The summed E-state index contributed by atoms with van der Waals surface area (Å²) in [5.41, 5.74) is 3.46. The number of H-pyrrole nitrogens is 2. The Kier molecular flexibility index (Phi) is 5.28. The molecular formula is C13H20N6O. The maximum absolute atomic E-state index is 11.3. The zero-order valence-electron chi connectivity index (χ0n) is 11.6. The van der Waals surface area contributed by atoms with Crippen LogP contribution in [0.4, 0.5) is 5.82 Å². The molecule has 2 rings (SSSR count). The minimum Gasteiger partial charge on any atom is -0.340 e. The molecule has 20 heavy (non-hydrogen) atoms. The number of hydrogen-bond donors (Lipinski definition) is 3. The molecule has 7 heteroatoms. The number of rotatable bonds is 8. The SMILES string of the molecule is CCCCCCCC=NNc1nc(=O)[nH]c2nc[nH]c12. The van der Waals surface area contributed by atoms with Gasteiger partial charge in [0.2, 0.25) is 0 Å². The summed E-state index contributed by atoms with van der Waals surface area (Å²) in [6, 6.07) is 0. The summed E-state index contributed by atoms with van der Waals surface area (Å²) in [6.45, 7) is 2.20. The van der Waals surface area contributed by atoms with E-state index >= 15 is 0 Å². The Morgan fingerprint density at radius 3 is 3.05 bits per heavy atom. The largest absolute Gasteiger partial charge is 0.348 e. The maximum Gasteiger partial charge on any atom is 0.348 e. The summed E-state index contributed by atoms with van der Waals surface area (Å²) in [6.07, 6.45) is 10.4. The van der Waals surface area contributed by atoms with Crippen LogP contribution in [0.25, 0.3) is 11.2 Å². The molecule has 108 valence electrons. The first-order valence-electron chi connectivity index (χ1n) is 7.02. The number of aromatic amines is 2. The van der Waals surface area contributed by atoms with E-state index in [1.165, 1.54) is 32.0 Å². The van der Waals surface area contributed by atoms with Crippen LogP contribution in [-0.4, -0.2) is 26.2 Å². The molecule has 0 spiro atoms.